The molecule has 0 spiro atoms. The highest BCUT2D eigenvalue weighted by Gasteiger charge is 2.35. The third-order valence-electron chi connectivity index (χ3n) is 4.53. The molecule has 1 fully saturated rings. The largest absolute Gasteiger partial charge is 0.414 e. The molecule has 1 nitrogen and oxygen atoms in total. The van der Waals surface area contributed by atoms with Crippen LogP contribution in [0.1, 0.15) is 103 Å². The van der Waals surface area contributed by atoms with E-state index in [1.54, 1.807) is 0 Å². The van der Waals surface area contributed by atoms with Crippen LogP contribution in [0.4, 0.5) is 13.2 Å². The monoisotopic (exact) mass is 464 g/mol. The van der Waals surface area contributed by atoms with Crippen LogP contribution in [-0.4, -0.2) is 23.2 Å². The van der Waals surface area contributed by atoms with Gasteiger partial charge in [0.1, 0.15) is 0 Å². The highest BCUT2D eigenvalue weighted by atomic mass is 79.9. The summed E-state index contributed by atoms with van der Waals surface area (Å²) in [4.78, 5) is 0. The van der Waals surface area contributed by atoms with Crippen molar-refractivity contribution >= 4 is 27.5 Å². The van der Waals surface area contributed by atoms with E-state index in [2.05, 4.69) is 34.5 Å². The van der Waals surface area contributed by atoms with Crippen LogP contribution in [0.25, 0.3) is 0 Å². The quantitative estimate of drug-likeness (QED) is 0.134. The first-order chi connectivity index (χ1) is 12.4. The maximum Gasteiger partial charge on any atom is 0.414 e. The van der Waals surface area contributed by atoms with Gasteiger partial charge in [0, 0.05) is 0 Å². The summed E-state index contributed by atoms with van der Waals surface area (Å²) in [6, 6.07) is 0. The highest BCUT2D eigenvalue weighted by Crippen LogP contribution is 2.28. The molecule has 1 heterocycles. The Hall–Kier alpha value is 0.520. The van der Waals surface area contributed by atoms with Gasteiger partial charge in [-0.15, -0.1) is 11.6 Å². The van der Waals surface area contributed by atoms with Crippen molar-refractivity contribution in [2.45, 2.75) is 120 Å². The summed E-state index contributed by atoms with van der Waals surface area (Å²) in [5.74, 6) is 0. The average molecular weight is 466 g/mol. The topological polar surface area (TPSA) is 12.5 Å². The van der Waals surface area contributed by atoms with Crippen molar-refractivity contribution in [1.29, 1.82) is 0 Å². The van der Waals surface area contributed by atoms with E-state index in [1.165, 1.54) is 96.3 Å². The number of hydrogen-bond acceptors (Lipinski definition) is 1. The Balaban J connectivity index is 0.000000758. The second-order valence-corrected chi connectivity index (χ2v) is 9.06. The van der Waals surface area contributed by atoms with Gasteiger partial charge in [0.05, 0.1) is 12.7 Å². The van der Waals surface area contributed by atoms with Gasteiger partial charge in [-0.25, -0.2) is 0 Å². The Morgan fingerprint density at radius 2 is 1.15 bits per heavy atom. The molecule has 0 radical (unpaired) electrons. The van der Waals surface area contributed by atoms with Gasteiger partial charge in [0.15, 0.2) is 4.29 Å². The summed E-state index contributed by atoms with van der Waals surface area (Å²) in [6.07, 6.45) is 18.0. The van der Waals surface area contributed by atoms with Crippen LogP contribution in [-0.2, 0) is 4.74 Å². The summed E-state index contributed by atoms with van der Waals surface area (Å²) in [6.45, 7) is 3.33. The minimum Gasteiger partial charge on any atom is -0.373 e. The van der Waals surface area contributed by atoms with Gasteiger partial charge in [-0.05, 0) is 6.42 Å². The molecule has 26 heavy (non-hydrogen) atoms. The van der Waals surface area contributed by atoms with E-state index in [0.29, 0.717) is 6.10 Å². The molecule has 0 aromatic carbocycles. The Kier molecular flexibility index (Phi) is 18.0. The maximum absolute atomic E-state index is 11.0. The summed E-state index contributed by atoms with van der Waals surface area (Å²) < 4.78 is 36.3. The number of epoxide rings is 1. The number of ether oxygens (including phenoxy) is 1. The lowest BCUT2D eigenvalue weighted by Crippen LogP contribution is -2.16. The fourth-order valence-electron chi connectivity index (χ4n) is 2.80. The molecule has 0 amide bonds. The third kappa shape index (κ3) is 20.8. The Labute approximate surface area is 171 Å². The van der Waals surface area contributed by atoms with Gasteiger partial charge in [0.2, 0.25) is 0 Å². The van der Waals surface area contributed by atoms with Crippen molar-refractivity contribution in [3.63, 3.8) is 0 Å². The fraction of sp³-hybridized carbons (Fsp3) is 1.00. The molecule has 1 rings (SSSR count). The molecule has 2 unspecified atom stereocenters. The molecule has 1 aliphatic rings. The van der Waals surface area contributed by atoms with Crippen molar-refractivity contribution in [1.82, 2.24) is 0 Å². The van der Waals surface area contributed by atoms with Gasteiger partial charge < -0.3 is 4.74 Å². The summed E-state index contributed by atoms with van der Waals surface area (Å²) in [5, 5.41) is 0. The van der Waals surface area contributed by atoms with E-state index >= 15 is 0 Å². The van der Waals surface area contributed by atoms with Crippen molar-refractivity contribution in [3.8, 4) is 0 Å². The van der Waals surface area contributed by atoms with Crippen molar-refractivity contribution < 1.29 is 17.9 Å². The van der Waals surface area contributed by atoms with Crippen molar-refractivity contribution in [2.75, 3.05) is 6.61 Å². The lowest BCUT2D eigenvalue weighted by molar-refractivity contribution is -0.112. The predicted octanol–water partition coefficient (Wildman–Crippen LogP) is 8.77. The van der Waals surface area contributed by atoms with Crippen LogP contribution in [0.5, 0.6) is 0 Å². The van der Waals surface area contributed by atoms with Crippen LogP contribution in [0.2, 0.25) is 0 Å². The maximum atomic E-state index is 11.0. The van der Waals surface area contributed by atoms with Gasteiger partial charge in [-0.2, -0.15) is 13.2 Å². The van der Waals surface area contributed by atoms with Crippen molar-refractivity contribution in [2.24, 2.45) is 0 Å². The summed E-state index contributed by atoms with van der Waals surface area (Å²) in [7, 11) is 0. The molecule has 0 aliphatic carbocycles. The van der Waals surface area contributed by atoms with Gasteiger partial charge in [-0.1, -0.05) is 113 Å². The summed E-state index contributed by atoms with van der Waals surface area (Å²) in [5.41, 5.74) is 0. The van der Waals surface area contributed by atoms with E-state index in [1.807, 2.05) is 0 Å². The van der Waals surface area contributed by atoms with E-state index in [0.717, 1.165) is 6.61 Å². The third-order valence-corrected chi connectivity index (χ3v) is 5.30. The minimum atomic E-state index is -4.32. The number of alkyl halides is 5. The van der Waals surface area contributed by atoms with Crippen LogP contribution >= 0.6 is 27.5 Å². The molecule has 1 aliphatic heterocycles. The Morgan fingerprint density at radius 1 is 0.846 bits per heavy atom. The molecule has 0 bridgehead atoms. The first-order valence-electron chi connectivity index (χ1n) is 10.3. The van der Waals surface area contributed by atoms with E-state index in [9.17, 15) is 13.2 Å². The minimum absolute atomic E-state index is 0.650. The molecule has 0 saturated carbocycles. The molecule has 158 valence electrons. The molecule has 0 aromatic rings. The molecule has 0 aromatic heterocycles. The van der Waals surface area contributed by atoms with Crippen LogP contribution < -0.4 is 0 Å². The first-order valence-corrected chi connectivity index (χ1v) is 11.7. The Morgan fingerprint density at radius 3 is 1.42 bits per heavy atom. The normalized spacial score (nSPS) is 17.5. The molecule has 6 heteroatoms. The zero-order valence-electron chi connectivity index (χ0n) is 16.3. The highest BCUT2D eigenvalue weighted by molar-refractivity contribution is 9.10. The van der Waals surface area contributed by atoms with Crippen LogP contribution in [0, 0.1) is 0 Å². The standard InChI is InChI=1S/C18H36O.C2HBrClF3/c1-2-3-4-5-6-7-8-9-10-11-12-13-14-15-16-18-17-19-18;3-1(4)2(5,6)7/h18H,2-17H2,1H3;1H. The lowest BCUT2D eigenvalue weighted by atomic mass is 10.0. The zero-order chi connectivity index (χ0) is 19.7. The van der Waals surface area contributed by atoms with Gasteiger partial charge in [0.25, 0.3) is 0 Å². The van der Waals surface area contributed by atoms with E-state index in [-0.39, 0.29) is 0 Å². The fourth-order valence-corrected chi connectivity index (χ4v) is 2.80. The summed E-state index contributed by atoms with van der Waals surface area (Å²) >= 11 is 6.68. The smallest absolute Gasteiger partial charge is 0.373 e. The number of hydrogen-bond donors (Lipinski definition) is 0. The first kappa shape index (κ1) is 26.5. The van der Waals surface area contributed by atoms with Crippen LogP contribution in [0.3, 0.4) is 0 Å². The van der Waals surface area contributed by atoms with Gasteiger partial charge in [-0.3, -0.25) is 0 Å². The second-order valence-electron chi connectivity index (χ2n) is 7.18. The molecular weight excluding hydrogens is 429 g/mol. The molecular formula is C20H37BrClF3O. The van der Waals surface area contributed by atoms with Crippen molar-refractivity contribution in [3.05, 3.63) is 0 Å². The van der Waals surface area contributed by atoms with E-state index in [4.69, 9.17) is 4.74 Å². The van der Waals surface area contributed by atoms with E-state index < -0.39 is 10.5 Å². The van der Waals surface area contributed by atoms with Gasteiger partial charge >= 0.3 is 6.18 Å². The predicted molar refractivity (Wildman–Crippen MR) is 109 cm³/mol. The molecule has 1 saturated heterocycles. The Bertz CT molecular complexity index is 297. The lowest BCUT2D eigenvalue weighted by Gasteiger charge is -2.03. The SMILES string of the molecule is CCCCCCCCCCCCCCCCC1CO1.FC(F)(F)C(Cl)Br. The number of rotatable bonds is 15. The average Bonchev–Trinajstić information content (AvgIpc) is 3.39. The van der Waals surface area contributed by atoms with Crippen LogP contribution in [0.15, 0.2) is 0 Å². The second kappa shape index (κ2) is 17.6. The number of unbranched alkanes of at least 4 members (excludes halogenated alkanes) is 13. The number of halogens is 5. The zero-order valence-corrected chi connectivity index (χ0v) is 18.6. The molecule has 2 atom stereocenters. The molecule has 0 N–H and O–H groups in total.